The first-order valence-corrected chi connectivity index (χ1v) is 6.55. The molecule has 7 heteroatoms. The number of nitrogens with zero attached hydrogens (tertiary/aromatic N) is 1. The lowest BCUT2D eigenvalue weighted by atomic mass is 10.2. The number of hydrogen-bond acceptors (Lipinski definition) is 4. The first-order chi connectivity index (χ1) is 10.5. The molecule has 1 amide bonds. The van der Waals surface area contributed by atoms with Crippen LogP contribution >= 0.6 is 11.6 Å². The Morgan fingerprint density at radius 2 is 1.91 bits per heavy atom. The maximum absolute atomic E-state index is 11.8. The third-order valence-electron chi connectivity index (χ3n) is 2.75. The van der Waals surface area contributed by atoms with Gasteiger partial charge in [-0.3, -0.25) is 14.9 Å². The number of aromatic hydroxyl groups is 1. The summed E-state index contributed by atoms with van der Waals surface area (Å²) in [6, 6.07) is 10.0. The zero-order chi connectivity index (χ0) is 16.1. The van der Waals surface area contributed by atoms with E-state index in [2.05, 4.69) is 5.32 Å². The Morgan fingerprint density at radius 3 is 2.55 bits per heavy atom. The fraction of sp³-hybridized carbons (Fsp3) is 0. The van der Waals surface area contributed by atoms with Crippen LogP contribution in [0, 0.1) is 10.1 Å². The van der Waals surface area contributed by atoms with Gasteiger partial charge < -0.3 is 10.4 Å². The average molecular weight is 319 g/mol. The molecular weight excluding hydrogens is 308 g/mol. The van der Waals surface area contributed by atoms with Crippen LogP contribution in [0.3, 0.4) is 0 Å². The van der Waals surface area contributed by atoms with E-state index in [-0.39, 0.29) is 17.1 Å². The first-order valence-electron chi connectivity index (χ1n) is 6.18. The summed E-state index contributed by atoms with van der Waals surface area (Å²) < 4.78 is 0. The van der Waals surface area contributed by atoms with E-state index < -0.39 is 10.8 Å². The lowest BCUT2D eigenvalue weighted by Crippen LogP contribution is -2.07. The number of phenols is 1. The van der Waals surface area contributed by atoms with Gasteiger partial charge in [-0.15, -0.1) is 0 Å². The van der Waals surface area contributed by atoms with Crippen LogP contribution in [-0.2, 0) is 4.79 Å². The summed E-state index contributed by atoms with van der Waals surface area (Å²) in [6.45, 7) is 0. The Labute approximate surface area is 130 Å². The largest absolute Gasteiger partial charge is 0.506 e. The van der Waals surface area contributed by atoms with Crippen LogP contribution in [0.2, 0.25) is 5.02 Å². The van der Waals surface area contributed by atoms with Crippen LogP contribution in [0.15, 0.2) is 48.5 Å². The van der Waals surface area contributed by atoms with E-state index in [1.165, 1.54) is 54.6 Å². The number of anilines is 1. The molecule has 0 unspecified atom stereocenters. The monoisotopic (exact) mass is 318 g/mol. The summed E-state index contributed by atoms with van der Waals surface area (Å²) in [5.74, 6) is -0.558. The second-order valence-corrected chi connectivity index (χ2v) is 4.77. The van der Waals surface area contributed by atoms with Crippen LogP contribution in [-0.4, -0.2) is 15.9 Å². The second kappa shape index (κ2) is 6.73. The molecule has 0 atom stereocenters. The van der Waals surface area contributed by atoms with Gasteiger partial charge in [-0.2, -0.15) is 0 Å². The summed E-state index contributed by atoms with van der Waals surface area (Å²) in [5.41, 5.74) is 0.812. The Kier molecular flexibility index (Phi) is 4.75. The number of amides is 1. The minimum atomic E-state index is -0.498. The van der Waals surface area contributed by atoms with Crippen molar-refractivity contribution < 1.29 is 14.8 Å². The maximum atomic E-state index is 11.8. The molecule has 2 aromatic carbocycles. The third-order valence-corrected chi connectivity index (χ3v) is 2.98. The molecule has 0 spiro atoms. The lowest BCUT2D eigenvalue weighted by Gasteiger charge is -2.05. The topological polar surface area (TPSA) is 92.5 Å². The van der Waals surface area contributed by atoms with Crippen molar-refractivity contribution in [3.05, 3.63) is 69.2 Å². The predicted molar refractivity (Wildman–Crippen MR) is 83.9 cm³/mol. The number of rotatable bonds is 4. The Morgan fingerprint density at radius 1 is 1.23 bits per heavy atom. The van der Waals surface area contributed by atoms with Crippen molar-refractivity contribution in [2.75, 3.05) is 5.32 Å². The highest BCUT2D eigenvalue weighted by Gasteiger charge is 2.05. The van der Waals surface area contributed by atoms with Crippen LogP contribution < -0.4 is 5.32 Å². The number of nitro groups is 1. The molecule has 2 aromatic rings. The van der Waals surface area contributed by atoms with Gasteiger partial charge in [0.25, 0.3) is 5.69 Å². The van der Waals surface area contributed by atoms with E-state index in [1.54, 1.807) is 0 Å². The van der Waals surface area contributed by atoms with Gasteiger partial charge in [0.05, 0.1) is 10.6 Å². The quantitative estimate of drug-likeness (QED) is 0.390. The molecule has 6 nitrogen and oxygen atoms in total. The fourth-order valence-electron chi connectivity index (χ4n) is 1.66. The van der Waals surface area contributed by atoms with Crippen LogP contribution in [0.1, 0.15) is 5.56 Å². The zero-order valence-electron chi connectivity index (χ0n) is 11.2. The summed E-state index contributed by atoms with van der Waals surface area (Å²) in [6.07, 6.45) is 2.75. The SMILES string of the molecule is O=C(/C=C/c1ccc([N+](=O)[O-])cc1)Nc1cc(Cl)ccc1O. The van der Waals surface area contributed by atoms with Crippen LogP contribution in [0.4, 0.5) is 11.4 Å². The lowest BCUT2D eigenvalue weighted by molar-refractivity contribution is -0.384. The molecular formula is C15H11ClN2O4. The number of carbonyl (C=O) groups is 1. The van der Waals surface area contributed by atoms with Crippen molar-refractivity contribution in [2.24, 2.45) is 0 Å². The van der Waals surface area contributed by atoms with Crippen molar-refractivity contribution in [3.8, 4) is 5.75 Å². The number of nitrogens with one attached hydrogen (secondary N) is 1. The normalized spacial score (nSPS) is 10.6. The minimum absolute atomic E-state index is 0.0227. The number of benzene rings is 2. The molecule has 0 aliphatic carbocycles. The number of nitro benzene ring substituents is 1. The predicted octanol–water partition coefficient (Wildman–Crippen LogP) is 3.61. The molecule has 22 heavy (non-hydrogen) atoms. The molecule has 0 fully saturated rings. The van der Waals surface area contributed by atoms with Gasteiger partial charge in [0.15, 0.2) is 0 Å². The van der Waals surface area contributed by atoms with Crippen molar-refractivity contribution >= 4 is 35.0 Å². The minimum Gasteiger partial charge on any atom is -0.506 e. The number of carbonyl (C=O) groups excluding carboxylic acids is 1. The molecule has 0 heterocycles. The molecule has 0 saturated heterocycles. The highest BCUT2D eigenvalue weighted by Crippen LogP contribution is 2.26. The van der Waals surface area contributed by atoms with E-state index in [1.807, 2.05) is 0 Å². The molecule has 112 valence electrons. The van der Waals surface area contributed by atoms with Gasteiger partial charge in [0.2, 0.25) is 5.91 Å². The standard InChI is InChI=1S/C15H11ClN2O4/c16-11-4-7-14(19)13(9-11)17-15(20)8-3-10-1-5-12(6-2-10)18(21)22/h1-9,19H,(H,17,20)/b8-3+. The maximum Gasteiger partial charge on any atom is 0.269 e. The number of phenolic OH excluding ortho intramolecular Hbond substituents is 1. The second-order valence-electron chi connectivity index (χ2n) is 4.33. The number of hydrogen-bond donors (Lipinski definition) is 2. The molecule has 0 aliphatic rings. The highest BCUT2D eigenvalue weighted by atomic mass is 35.5. The van der Waals surface area contributed by atoms with Gasteiger partial charge in [-0.1, -0.05) is 11.6 Å². The Balaban J connectivity index is 2.05. The van der Waals surface area contributed by atoms with Gasteiger partial charge in [-0.25, -0.2) is 0 Å². The zero-order valence-corrected chi connectivity index (χ0v) is 11.9. The molecule has 2 rings (SSSR count). The summed E-state index contributed by atoms with van der Waals surface area (Å²) in [4.78, 5) is 21.8. The Bertz CT molecular complexity index is 742. The van der Waals surface area contributed by atoms with Crippen molar-refractivity contribution in [1.29, 1.82) is 0 Å². The van der Waals surface area contributed by atoms with E-state index in [0.717, 1.165) is 0 Å². The van der Waals surface area contributed by atoms with E-state index in [4.69, 9.17) is 11.6 Å². The van der Waals surface area contributed by atoms with E-state index in [0.29, 0.717) is 10.6 Å². The van der Waals surface area contributed by atoms with E-state index in [9.17, 15) is 20.0 Å². The molecule has 0 aromatic heterocycles. The molecule has 0 aliphatic heterocycles. The first kappa shape index (κ1) is 15.5. The third kappa shape index (κ3) is 4.07. The average Bonchev–Trinajstić information content (AvgIpc) is 2.49. The van der Waals surface area contributed by atoms with Gasteiger partial charge in [-0.05, 0) is 42.0 Å². The molecule has 0 bridgehead atoms. The highest BCUT2D eigenvalue weighted by molar-refractivity contribution is 6.31. The summed E-state index contributed by atoms with van der Waals surface area (Å²) in [5, 5.41) is 23.0. The molecule has 0 saturated carbocycles. The van der Waals surface area contributed by atoms with Gasteiger partial charge in [0, 0.05) is 23.2 Å². The fourth-order valence-corrected chi connectivity index (χ4v) is 1.83. The van der Waals surface area contributed by atoms with Crippen LogP contribution in [0.5, 0.6) is 5.75 Å². The van der Waals surface area contributed by atoms with Gasteiger partial charge >= 0.3 is 0 Å². The number of non-ortho nitro benzene ring substituents is 1. The summed E-state index contributed by atoms with van der Waals surface area (Å²) in [7, 11) is 0. The van der Waals surface area contributed by atoms with Crippen molar-refractivity contribution in [2.45, 2.75) is 0 Å². The smallest absolute Gasteiger partial charge is 0.269 e. The van der Waals surface area contributed by atoms with Crippen molar-refractivity contribution in [1.82, 2.24) is 0 Å². The molecule has 2 N–H and O–H groups in total. The van der Waals surface area contributed by atoms with E-state index >= 15 is 0 Å². The van der Waals surface area contributed by atoms with Crippen LogP contribution in [0.25, 0.3) is 6.08 Å². The number of halogens is 1. The molecule has 0 radical (unpaired) electrons. The Hall–Kier alpha value is -2.86. The van der Waals surface area contributed by atoms with Crippen molar-refractivity contribution in [3.63, 3.8) is 0 Å². The summed E-state index contributed by atoms with van der Waals surface area (Å²) >= 11 is 5.78. The van der Waals surface area contributed by atoms with Gasteiger partial charge in [0.1, 0.15) is 5.75 Å².